The van der Waals surface area contributed by atoms with Gasteiger partial charge in [0.1, 0.15) is 0 Å². The molecule has 4 rings (SSSR count). The summed E-state index contributed by atoms with van der Waals surface area (Å²) in [4.78, 5) is 26.6. The molecule has 1 aromatic heterocycles. The second kappa shape index (κ2) is 8.31. The summed E-state index contributed by atoms with van der Waals surface area (Å²) in [6.45, 7) is 1.57. The zero-order chi connectivity index (χ0) is 20.4. The summed E-state index contributed by atoms with van der Waals surface area (Å²) < 4.78 is 28.5. The first-order valence-corrected chi connectivity index (χ1v) is 10.2. The van der Waals surface area contributed by atoms with Crippen molar-refractivity contribution in [1.29, 1.82) is 0 Å². The standard InChI is InChI=1S/C21H24F2N4O2/c22-16-9-8-14(13-17(16)23)27-18-6-4-5-15(18)20(25-27)21(29)24-10-12-26-11-3-1-2-7-19(26)28/h8-9,13H,1-7,10-12H2,(H,24,29). The molecule has 29 heavy (non-hydrogen) atoms. The fourth-order valence-electron chi connectivity index (χ4n) is 4.11. The first kappa shape index (κ1) is 19.5. The van der Waals surface area contributed by atoms with Crippen LogP contribution in [0.1, 0.15) is 53.8 Å². The minimum atomic E-state index is -0.946. The Morgan fingerprint density at radius 3 is 2.76 bits per heavy atom. The lowest BCUT2D eigenvalue weighted by atomic mass is 10.2. The van der Waals surface area contributed by atoms with Gasteiger partial charge in [0, 0.05) is 43.4 Å². The Labute approximate surface area is 167 Å². The topological polar surface area (TPSA) is 67.2 Å². The van der Waals surface area contributed by atoms with Gasteiger partial charge < -0.3 is 10.2 Å². The zero-order valence-corrected chi connectivity index (χ0v) is 16.2. The van der Waals surface area contributed by atoms with Gasteiger partial charge >= 0.3 is 0 Å². The number of likely N-dealkylation sites (tertiary alicyclic amines) is 1. The maximum atomic E-state index is 13.7. The Morgan fingerprint density at radius 2 is 1.93 bits per heavy atom. The predicted molar refractivity (Wildman–Crippen MR) is 103 cm³/mol. The number of hydrogen-bond acceptors (Lipinski definition) is 3. The molecule has 1 N–H and O–H groups in total. The monoisotopic (exact) mass is 402 g/mol. The largest absolute Gasteiger partial charge is 0.349 e. The molecular formula is C21H24F2N4O2. The van der Waals surface area contributed by atoms with E-state index in [0.29, 0.717) is 30.9 Å². The van der Waals surface area contributed by atoms with E-state index in [2.05, 4.69) is 10.4 Å². The van der Waals surface area contributed by atoms with Gasteiger partial charge in [-0.1, -0.05) is 6.42 Å². The van der Waals surface area contributed by atoms with Gasteiger partial charge in [-0.3, -0.25) is 9.59 Å². The molecule has 1 aromatic carbocycles. The Morgan fingerprint density at radius 1 is 1.07 bits per heavy atom. The minimum Gasteiger partial charge on any atom is -0.349 e. The Hall–Kier alpha value is -2.77. The molecule has 1 saturated heterocycles. The molecule has 6 nitrogen and oxygen atoms in total. The molecule has 0 radical (unpaired) electrons. The average Bonchev–Trinajstić information content (AvgIpc) is 3.25. The Balaban J connectivity index is 1.47. The van der Waals surface area contributed by atoms with Gasteiger partial charge in [-0.25, -0.2) is 13.5 Å². The summed E-state index contributed by atoms with van der Waals surface area (Å²) in [6, 6.07) is 3.61. The fourth-order valence-corrected chi connectivity index (χ4v) is 4.11. The molecule has 1 aliphatic heterocycles. The Bertz CT molecular complexity index is 941. The summed E-state index contributed by atoms with van der Waals surface area (Å²) >= 11 is 0. The number of aromatic nitrogens is 2. The van der Waals surface area contributed by atoms with Crippen molar-refractivity contribution in [3.05, 3.63) is 46.8 Å². The van der Waals surface area contributed by atoms with Gasteiger partial charge in [0.25, 0.3) is 5.91 Å². The van der Waals surface area contributed by atoms with E-state index in [0.717, 1.165) is 68.5 Å². The summed E-state index contributed by atoms with van der Waals surface area (Å²) in [5.41, 5.74) is 2.45. The number of nitrogens with zero attached hydrogens (tertiary/aromatic N) is 3. The highest BCUT2D eigenvalue weighted by Gasteiger charge is 2.27. The van der Waals surface area contributed by atoms with E-state index in [-0.39, 0.29) is 11.8 Å². The van der Waals surface area contributed by atoms with Crippen LogP contribution >= 0.6 is 0 Å². The van der Waals surface area contributed by atoms with Crippen LogP contribution in [0.4, 0.5) is 8.78 Å². The van der Waals surface area contributed by atoms with Crippen LogP contribution in [-0.4, -0.2) is 46.1 Å². The highest BCUT2D eigenvalue weighted by molar-refractivity contribution is 5.94. The summed E-state index contributed by atoms with van der Waals surface area (Å²) in [7, 11) is 0. The molecule has 154 valence electrons. The molecule has 2 aromatic rings. The molecule has 8 heteroatoms. The van der Waals surface area contributed by atoms with E-state index >= 15 is 0 Å². The summed E-state index contributed by atoms with van der Waals surface area (Å²) in [5.74, 6) is -2.02. The molecule has 0 saturated carbocycles. The number of carbonyl (C=O) groups is 2. The second-order valence-electron chi connectivity index (χ2n) is 7.58. The zero-order valence-electron chi connectivity index (χ0n) is 16.2. The van der Waals surface area contributed by atoms with E-state index in [1.165, 1.54) is 10.7 Å². The molecule has 1 aliphatic carbocycles. The van der Waals surface area contributed by atoms with Crippen molar-refractivity contribution in [2.45, 2.75) is 44.9 Å². The maximum absolute atomic E-state index is 13.7. The number of fused-ring (bicyclic) bond motifs is 1. The van der Waals surface area contributed by atoms with Gasteiger partial charge in [-0.15, -0.1) is 0 Å². The van der Waals surface area contributed by atoms with Crippen LogP contribution in [0.3, 0.4) is 0 Å². The first-order valence-electron chi connectivity index (χ1n) is 10.2. The number of carbonyl (C=O) groups excluding carboxylic acids is 2. The van der Waals surface area contributed by atoms with Crippen molar-refractivity contribution in [3.8, 4) is 5.69 Å². The molecule has 0 bridgehead atoms. The summed E-state index contributed by atoms with van der Waals surface area (Å²) in [5, 5.41) is 7.26. The molecule has 2 amide bonds. The van der Waals surface area contributed by atoms with Crippen molar-refractivity contribution >= 4 is 11.8 Å². The molecule has 1 fully saturated rings. The van der Waals surface area contributed by atoms with Crippen LogP contribution in [0.2, 0.25) is 0 Å². The number of hydrogen-bond donors (Lipinski definition) is 1. The first-order chi connectivity index (χ1) is 14.0. The van der Waals surface area contributed by atoms with Crippen LogP contribution < -0.4 is 5.32 Å². The normalized spacial score (nSPS) is 16.6. The van der Waals surface area contributed by atoms with E-state index < -0.39 is 11.6 Å². The van der Waals surface area contributed by atoms with Gasteiger partial charge in [-0.2, -0.15) is 5.10 Å². The molecule has 2 aliphatic rings. The number of halogens is 2. The number of amides is 2. The fraction of sp³-hybridized carbons (Fsp3) is 0.476. The maximum Gasteiger partial charge on any atom is 0.272 e. The van der Waals surface area contributed by atoms with E-state index in [1.54, 1.807) is 4.90 Å². The molecule has 0 unspecified atom stereocenters. The second-order valence-corrected chi connectivity index (χ2v) is 7.58. The third kappa shape index (κ3) is 4.02. The lowest BCUT2D eigenvalue weighted by molar-refractivity contribution is -0.130. The smallest absolute Gasteiger partial charge is 0.272 e. The van der Waals surface area contributed by atoms with Gasteiger partial charge in [0.15, 0.2) is 17.3 Å². The molecule has 0 spiro atoms. The van der Waals surface area contributed by atoms with E-state index in [4.69, 9.17) is 0 Å². The van der Waals surface area contributed by atoms with Crippen LogP contribution in [0, 0.1) is 11.6 Å². The van der Waals surface area contributed by atoms with Crippen LogP contribution in [-0.2, 0) is 17.6 Å². The SMILES string of the molecule is O=C(NCCN1CCCCCC1=O)c1nn(-c2ccc(F)c(F)c2)c2c1CCC2. The highest BCUT2D eigenvalue weighted by atomic mass is 19.2. The minimum absolute atomic E-state index is 0.139. The number of benzene rings is 1. The lowest BCUT2D eigenvalue weighted by Crippen LogP contribution is -2.38. The number of rotatable bonds is 5. The van der Waals surface area contributed by atoms with Crippen molar-refractivity contribution in [2.75, 3.05) is 19.6 Å². The highest BCUT2D eigenvalue weighted by Crippen LogP contribution is 2.28. The van der Waals surface area contributed by atoms with Gasteiger partial charge in [0.2, 0.25) is 5.91 Å². The van der Waals surface area contributed by atoms with E-state index in [1.807, 2.05) is 0 Å². The van der Waals surface area contributed by atoms with Crippen LogP contribution in [0.5, 0.6) is 0 Å². The number of nitrogens with one attached hydrogen (secondary N) is 1. The quantitative estimate of drug-likeness (QED) is 0.836. The van der Waals surface area contributed by atoms with Gasteiger partial charge in [0.05, 0.1) is 5.69 Å². The van der Waals surface area contributed by atoms with E-state index in [9.17, 15) is 18.4 Å². The molecular weight excluding hydrogens is 378 g/mol. The van der Waals surface area contributed by atoms with Crippen molar-refractivity contribution in [1.82, 2.24) is 20.0 Å². The van der Waals surface area contributed by atoms with Crippen LogP contribution in [0.25, 0.3) is 5.69 Å². The van der Waals surface area contributed by atoms with Crippen molar-refractivity contribution in [3.63, 3.8) is 0 Å². The third-order valence-electron chi connectivity index (χ3n) is 5.63. The van der Waals surface area contributed by atoms with Crippen molar-refractivity contribution in [2.24, 2.45) is 0 Å². The lowest BCUT2D eigenvalue weighted by Gasteiger charge is -2.20. The van der Waals surface area contributed by atoms with Crippen LogP contribution in [0.15, 0.2) is 18.2 Å². The predicted octanol–water partition coefficient (Wildman–Crippen LogP) is 2.77. The Kier molecular flexibility index (Phi) is 5.60. The van der Waals surface area contributed by atoms with Crippen molar-refractivity contribution < 1.29 is 18.4 Å². The average molecular weight is 402 g/mol. The summed E-state index contributed by atoms with van der Waals surface area (Å²) in [6.07, 6.45) is 5.89. The molecule has 2 heterocycles. The third-order valence-corrected chi connectivity index (χ3v) is 5.63. The molecule has 0 atom stereocenters. The van der Waals surface area contributed by atoms with Gasteiger partial charge in [-0.05, 0) is 44.2 Å².